The number of sulfone groups is 1. The molecule has 4 aromatic rings. The number of fused-ring (bicyclic) bond motifs is 1. The second-order valence-corrected chi connectivity index (χ2v) is 13.7. The van der Waals surface area contributed by atoms with Gasteiger partial charge in [0, 0.05) is 35.9 Å². The Bertz CT molecular complexity index is 1570. The summed E-state index contributed by atoms with van der Waals surface area (Å²) in [5.74, 6) is 0.966. The minimum absolute atomic E-state index is 0.0408. The van der Waals surface area contributed by atoms with E-state index in [1.165, 1.54) is 11.3 Å². The van der Waals surface area contributed by atoms with E-state index in [0.717, 1.165) is 46.2 Å². The lowest BCUT2D eigenvalue weighted by molar-refractivity contribution is -0.115. The van der Waals surface area contributed by atoms with Gasteiger partial charge in [-0.2, -0.15) is 0 Å². The zero-order valence-corrected chi connectivity index (χ0v) is 24.5. The Morgan fingerprint density at radius 2 is 1.73 bits per heavy atom. The normalized spacial score (nSPS) is 15.3. The van der Waals surface area contributed by atoms with Crippen LogP contribution in [0.1, 0.15) is 53.0 Å². The third-order valence-corrected chi connectivity index (χ3v) is 9.70. The van der Waals surface area contributed by atoms with Crippen molar-refractivity contribution in [1.82, 2.24) is 19.9 Å². The summed E-state index contributed by atoms with van der Waals surface area (Å²) in [6.45, 7) is 7.75. The molecule has 0 aliphatic carbocycles. The smallest absolute Gasteiger partial charge is 0.230 e. The lowest BCUT2D eigenvalue weighted by atomic mass is 10.0. The maximum Gasteiger partial charge on any atom is 0.230 e. The van der Waals surface area contributed by atoms with Crippen molar-refractivity contribution in [3.8, 4) is 0 Å². The minimum atomic E-state index is -3.41. The van der Waals surface area contributed by atoms with Gasteiger partial charge in [-0.1, -0.05) is 56.3 Å². The fraction of sp³-hybridized carbons (Fsp3) is 0.333. The molecule has 0 radical (unpaired) electrons. The fourth-order valence-corrected chi connectivity index (χ4v) is 7.36. The molecular formula is C30H33N5O3S2. The van der Waals surface area contributed by atoms with Gasteiger partial charge in [0.05, 0.1) is 28.8 Å². The second-order valence-electron chi connectivity index (χ2n) is 10.5. The van der Waals surface area contributed by atoms with Crippen LogP contribution in [-0.2, 0) is 40.6 Å². The molecule has 0 saturated heterocycles. The van der Waals surface area contributed by atoms with Crippen molar-refractivity contribution in [2.24, 2.45) is 5.92 Å². The molecule has 3 heterocycles. The quantitative estimate of drug-likeness (QED) is 0.279. The molecule has 8 nitrogen and oxygen atoms in total. The summed E-state index contributed by atoms with van der Waals surface area (Å²) in [5, 5.41) is 3.54. The van der Waals surface area contributed by atoms with E-state index in [-0.39, 0.29) is 29.0 Å². The highest BCUT2D eigenvalue weighted by Crippen LogP contribution is 2.43. The molecule has 5 rings (SSSR count). The predicted molar refractivity (Wildman–Crippen MR) is 157 cm³/mol. The first kappa shape index (κ1) is 28.1. The molecule has 1 aliphatic rings. The molecule has 0 bridgehead atoms. The van der Waals surface area contributed by atoms with Gasteiger partial charge < -0.3 is 5.32 Å². The van der Waals surface area contributed by atoms with Crippen molar-refractivity contribution >= 4 is 32.2 Å². The number of nitrogens with one attached hydrogen (secondary N) is 1. The number of anilines is 1. The standard InChI is InChI=1S/C30H33N5O3S2/c1-20(2)29-28-26(19-35(29)18-24-16-31-21(3)32-17-24)39-30(34-28)33-27(36)15-23-9-11-25(12-10-23)40(37,38)14-13-22-7-5-4-6-8-22/h4-12,16-17,20,29H,13-15,18-19H2,1-3H3,(H,33,34,36)/t29-/m0/s1. The summed E-state index contributed by atoms with van der Waals surface area (Å²) in [7, 11) is -3.41. The van der Waals surface area contributed by atoms with E-state index in [1.54, 1.807) is 24.3 Å². The summed E-state index contributed by atoms with van der Waals surface area (Å²) in [4.78, 5) is 30.1. The van der Waals surface area contributed by atoms with Gasteiger partial charge >= 0.3 is 0 Å². The lowest BCUT2D eigenvalue weighted by Gasteiger charge is -2.27. The molecule has 0 spiro atoms. The van der Waals surface area contributed by atoms with Gasteiger partial charge in [-0.25, -0.2) is 23.4 Å². The number of aromatic nitrogens is 3. The molecule has 10 heteroatoms. The van der Waals surface area contributed by atoms with Crippen LogP contribution in [0.25, 0.3) is 0 Å². The Kier molecular flexibility index (Phi) is 8.39. The Morgan fingerprint density at radius 1 is 1.02 bits per heavy atom. The summed E-state index contributed by atoms with van der Waals surface area (Å²) in [6.07, 6.45) is 4.35. The first-order valence-corrected chi connectivity index (χ1v) is 15.8. The monoisotopic (exact) mass is 575 g/mol. The number of rotatable bonds is 10. The van der Waals surface area contributed by atoms with E-state index in [4.69, 9.17) is 4.98 Å². The number of hydrogen-bond donors (Lipinski definition) is 1. The van der Waals surface area contributed by atoms with Crippen LogP contribution in [-0.4, -0.2) is 39.9 Å². The van der Waals surface area contributed by atoms with Crippen molar-refractivity contribution in [1.29, 1.82) is 0 Å². The average molecular weight is 576 g/mol. The molecule has 1 aliphatic heterocycles. The van der Waals surface area contributed by atoms with Crippen molar-refractivity contribution < 1.29 is 13.2 Å². The fourth-order valence-electron chi connectivity index (χ4n) is 5.02. The van der Waals surface area contributed by atoms with E-state index in [0.29, 0.717) is 17.5 Å². The Hall–Kier alpha value is -3.47. The van der Waals surface area contributed by atoms with Crippen LogP contribution >= 0.6 is 11.3 Å². The van der Waals surface area contributed by atoms with Crippen LogP contribution < -0.4 is 5.32 Å². The average Bonchev–Trinajstić information content (AvgIpc) is 3.46. The van der Waals surface area contributed by atoms with E-state index >= 15 is 0 Å². The number of benzene rings is 2. The van der Waals surface area contributed by atoms with E-state index < -0.39 is 9.84 Å². The van der Waals surface area contributed by atoms with Gasteiger partial charge in [-0.3, -0.25) is 9.69 Å². The predicted octanol–water partition coefficient (Wildman–Crippen LogP) is 5.15. The van der Waals surface area contributed by atoms with E-state index in [1.807, 2.05) is 49.6 Å². The summed E-state index contributed by atoms with van der Waals surface area (Å²) in [5.41, 5.74) is 3.82. The summed E-state index contributed by atoms with van der Waals surface area (Å²) < 4.78 is 25.5. The van der Waals surface area contributed by atoms with Crippen molar-refractivity contribution in [2.75, 3.05) is 11.1 Å². The zero-order valence-electron chi connectivity index (χ0n) is 22.9. The third kappa shape index (κ3) is 6.63. The maximum atomic E-state index is 12.8. The van der Waals surface area contributed by atoms with E-state index in [9.17, 15) is 13.2 Å². The van der Waals surface area contributed by atoms with Gasteiger partial charge in [0.2, 0.25) is 5.91 Å². The molecule has 0 unspecified atom stereocenters. The van der Waals surface area contributed by atoms with Crippen LogP contribution in [0.5, 0.6) is 0 Å². The highest BCUT2D eigenvalue weighted by Gasteiger charge is 2.36. The Balaban J connectivity index is 1.18. The highest BCUT2D eigenvalue weighted by atomic mass is 32.2. The van der Waals surface area contributed by atoms with Crippen molar-refractivity contribution in [3.63, 3.8) is 0 Å². The number of carbonyl (C=O) groups excluding carboxylic acids is 1. The number of thiazole rings is 1. The first-order valence-electron chi connectivity index (χ1n) is 13.3. The molecule has 1 amide bonds. The molecule has 1 atom stereocenters. The Labute approximate surface area is 239 Å². The van der Waals surface area contributed by atoms with Crippen LogP contribution in [0.2, 0.25) is 0 Å². The second kappa shape index (κ2) is 12.0. The summed E-state index contributed by atoms with van der Waals surface area (Å²) in [6, 6.07) is 16.3. The van der Waals surface area contributed by atoms with Gasteiger partial charge in [0.1, 0.15) is 5.82 Å². The molecule has 0 saturated carbocycles. The number of aryl methyl sites for hydroxylation is 2. The maximum absolute atomic E-state index is 12.8. The topological polar surface area (TPSA) is 105 Å². The number of nitrogens with zero attached hydrogens (tertiary/aromatic N) is 4. The summed E-state index contributed by atoms with van der Waals surface area (Å²) >= 11 is 1.51. The van der Waals surface area contributed by atoms with Crippen molar-refractivity contribution in [3.05, 3.63) is 100 Å². The van der Waals surface area contributed by atoms with Crippen LogP contribution in [0.3, 0.4) is 0 Å². The zero-order chi connectivity index (χ0) is 28.3. The van der Waals surface area contributed by atoms with Gasteiger partial charge in [-0.15, -0.1) is 11.3 Å². The molecule has 40 heavy (non-hydrogen) atoms. The molecule has 2 aromatic carbocycles. The van der Waals surface area contributed by atoms with Crippen LogP contribution in [0, 0.1) is 12.8 Å². The van der Waals surface area contributed by atoms with Crippen molar-refractivity contribution in [2.45, 2.75) is 57.6 Å². The highest BCUT2D eigenvalue weighted by molar-refractivity contribution is 7.91. The molecular weight excluding hydrogens is 542 g/mol. The first-order chi connectivity index (χ1) is 19.2. The number of amides is 1. The molecule has 2 aromatic heterocycles. The number of carbonyl (C=O) groups is 1. The largest absolute Gasteiger partial charge is 0.302 e. The minimum Gasteiger partial charge on any atom is -0.302 e. The van der Waals surface area contributed by atoms with Crippen LogP contribution in [0.4, 0.5) is 5.13 Å². The molecule has 208 valence electrons. The van der Waals surface area contributed by atoms with Crippen LogP contribution in [0.15, 0.2) is 71.9 Å². The van der Waals surface area contributed by atoms with Gasteiger partial charge in [0.15, 0.2) is 15.0 Å². The Morgan fingerprint density at radius 3 is 2.40 bits per heavy atom. The lowest BCUT2D eigenvalue weighted by Crippen LogP contribution is -2.26. The van der Waals surface area contributed by atoms with Gasteiger partial charge in [0.25, 0.3) is 0 Å². The number of hydrogen-bond acceptors (Lipinski definition) is 8. The van der Waals surface area contributed by atoms with Gasteiger partial charge in [-0.05, 0) is 42.5 Å². The third-order valence-electron chi connectivity index (χ3n) is 7.00. The van der Waals surface area contributed by atoms with E-state index in [2.05, 4.69) is 34.0 Å². The molecule has 0 fully saturated rings. The SMILES string of the molecule is Cc1ncc(CN2Cc3sc(NC(=O)Cc4ccc(S(=O)(=O)CCc5ccccc5)cc4)nc3[C@@H]2C(C)C)cn1. The molecule has 1 N–H and O–H groups in total.